The highest BCUT2D eigenvalue weighted by Gasteiger charge is 2.22. The van der Waals surface area contributed by atoms with Gasteiger partial charge in [0.15, 0.2) is 0 Å². The molecule has 1 aliphatic rings. The molecule has 0 aliphatic carbocycles. The molecule has 150 valence electrons. The van der Waals surface area contributed by atoms with Crippen molar-refractivity contribution in [1.29, 1.82) is 0 Å². The van der Waals surface area contributed by atoms with E-state index in [9.17, 15) is 4.79 Å². The SMILES string of the molecule is Cc1ccc2nc(C)cc(C(=O)NC3CCN(Cc4ccc(Cl)cc4)CC3)c2c1. The number of carbonyl (C=O) groups excluding carboxylic acids is 1. The minimum atomic E-state index is 0.00208. The molecule has 3 aromatic rings. The van der Waals surface area contributed by atoms with Crippen LogP contribution in [0.1, 0.15) is 40.0 Å². The number of likely N-dealkylation sites (tertiary alicyclic amines) is 1. The Kier molecular flexibility index (Phi) is 5.84. The second kappa shape index (κ2) is 8.52. The van der Waals surface area contributed by atoms with Crippen molar-refractivity contribution >= 4 is 28.4 Å². The van der Waals surface area contributed by atoms with Gasteiger partial charge in [-0.1, -0.05) is 35.4 Å². The molecule has 0 bridgehead atoms. The van der Waals surface area contributed by atoms with Gasteiger partial charge in [0.25, 0.3) is 5.91 Å². The predicted octanol–water partition coefficient (Wildman–Crippen LogP) is 4.90. The smallest absolute Gasteiger partial charge is 0.252 e. The minimum absolute atomic E-state index is 0.00208. The molecule has 0 saturated carbocycles. The number of hydrogen-bond acceptors (Lipinski definition) is 3. The topological polar surface area (TPSA) is 45.2 Å². The molecule has 4 rings (SSSR count). The van der Waals surface area contributed by atoms with Gasteiger partial charge in [-0.15, -0.1) is 0 Å². The van der Waals surface area contributed by atoms with Gasteiger partial charge >= 0.3 is 0 Å². The Labute approximate surface area is 176 Å². The molecule has 0 unspecified atom stereocenters. The van der Waals surface area contributed by atoms with E-state index in [1.165, 1.54) is 5.56 Å². The van der Waals surface area contributed by atoms with Crippen molar-refractivity contribution in [1.82, 2.24) is 15.2 Å². The summed E-state index contributed by atoms with van der Waals surface area (Å²) in [4.78, 5) is 20.0. The molecule has 0 atom stereocenters. The minimum Gasteiger partial charge on any atom is -0.349 e. The average molecular weight is 408 g/mol. The van der Waals surface area contributed by atoms with Crippen LogP contribution in [0.3, 0.4) is 0 Å². The maximum absolute atomic E-state index is 13.0. The lowest BCUT2D eigenvalue weighted by Gasteiger charge is -2.32. The number of halogens is 1. The Bertz CT molecular complexity index is 1020. The highest BCUT2D eigenvalue weighted by atomic mass is 35.5. The quantitative estimate of drug-likeness (QED) is 0.669. The zero-order valence-corrected chi connectivity index (χ0v) is 17.7. The van der Waals surface area contributed by atoms with Gasteiger partial charge in [-0.05, 0) is 62.6 Å². The van der Waals surface area contributed by atoms with Crippen molar-refractivity contribution in [3.05, 3.63) is 75.9 Å². The monoisotopic (exact) mass is 407 g/mol. The molecule has 29 heavy (non-hydrogen) atoms. The molecule has 1 fully saturated rings. The molecule has 1 amide bonds. The molecule has 1 aliphatic heterocycles. The number of nitrogens with zero attached hydrogens (tertiary/aromatic N) is 2. The summed E-state index contributed by atoms with van der Waals surface area (Å²) in [6, 6.07) is 16.2. The van der Waals surface area contributed by atoms with Crippen molar-refractivity contribution in [3.63, 3.8) is 0 Å². The zero-order chi connectivity index (χ0) is 20.4. The van der Waals surface area contributed by atoms with Gasteiger partial charge in [0.05, 0.1) is 11.1 Å². The van der Waals surface area contributed by atoms with Crippen LogP contribution in [-0.4, -0.2) is 34.9 Å². The lowest BCUT2D eigenvalue weighted by molar-refractivity contribution is 0.0910. The zero-order valence-electron chi connectivity index (χ0n) is 16.9. The number of carbonyl (C=O) groups is 1. The number of piperidine rings is 1. The van der Waals surface area contributed by atoms with Crippen LogP contribution in [0, 0.1) is 13.8 Å². The highest BCUT2D eigenvalue weighted by molar-refractivity contribution is 6.30. The number of pyridine rings is 1. The molecule has 4 nitrogen and oxygen atoms in total. The summed E-state index contributed by atoms with van der Waals surface area (Å²) in [5, 5.41) is 4.95. The first-order valence-corrected chi connectivity index (χ1v) is 10.5. The summed E-state index contributed by atoms with van der Waals surface area (Å²) in [6.45, 7) is 6.85. The van der Waals surface area contributed by atoms with Crippen molar-refractivity contribution in [2.24, 2.45) is 0 Å². The van der Waals surface area contributed by atoms with Crippen molar-refractivity contribution in [3.8, 4) is 0 Å². The number of fused-ring (bicyclic) bond motifs is 1. The number of amides is 1. The van der Waals surface area contributed by atoms with Crippen LogP contribution < -0.4 is 5.32 Å². The Morgan fingerprint density at radius 1 is 1.10 bits per heavy atom. The molecule has 1 aromatic heterocycles. The van der Waals surface area contributed by atoms with Crippen LogP contribution in [0.2, 0.25) is 5.02 Å². The molecule has 0 spiro atoms. The van der Waals surface area contributed by atoms with Gasteiger partial charge in [-0.2, -0.15) is 0 Å². The fourth-order valence-electron chi connectivity index (χ4n) is 4.01. The summed E-state index contributed by atoms with van der Waals surface area (Å²) in [5.74, 6) is 0.00208. The third-order valence-corrected chi connectivity index (χ3v) is 5.83. The van der Waals surface area contributed by atoms with E-state index in [4.69, 9.17) is 11.6 Å². The Morgan fingerprint density at radius 3 is 2.55 bits per heavy atom. The number of benzene rings is 2. The van der Waals surface area contributed by atoms with Crippen LogP contribution in [0.25, 0.3) is 10.9 Å². The summed E-state index contributed by atoms with van der Waals surface area (Å²) in [7, 11) is 0. The van der Waals surface area contributed by atoms with Crippen molar-refractivity contribution in [2.75, 3.05) is 13.1 Å². The second-order valence-electron chi connectivity index (χ2n) is 7.98. The Morgan fingerprint density at radius 2 is 1.83 bits per heavy atom. The van der Waals surface area contributed by atoms with Gasteiger partial charge in [0.2, 0.25) is 0 Å². The maximum Gasteiger partial charge on any atom is 0.252 e. The summed E-state index contributed by atoms with van der Waals surface area (Å²) < 4.78 is 0. The molecule has 1 N–H and O–H groups in total. The largest absolute Gasteiger partial charge is 0.349 e. The molecule has 0 radical (unpaired) electrons. The van der Waals surface area contributed by atoms with Crippen LogP contribution >= 0.6 is 11.6 Å². The van der Waals surface area contributed by atoms with Gasteiger partial charge in [0, 0.05) is 41.8 Å². The summed E-state index contributed by atoms with van der Waals surface area (Å²) in [5.41, 5.74) is 4.86. The van der Waals surface area contributed by atoms with E-state index in [1.54, 1.807) is 0 Å². The van der Waals surface area contributed by atoms with E-state index >= 15 is 0 Å². The molecule has 2 aromatic carbocycles. The van der Waals surface area contributed by atoms with E-state index in [0.29, 0.717) is 0 Å². The highest BCUT2D eigenvalue weighted by Crippen LogP contribution is 2.21. The Balaban J connectivity index is 1.39. The van der Waals surface area contributed by atoms with E-state index in [1.807, 2.05) is 50.2 Å². The van der Waals surface area contributed by atoms with Crippen LogP contribution in [-0.2, 0) is 6.54 Å². The number of nitrogens with one attached hydrogen (secondary N) is 1. The standard InChI is InChI=1S/C24H26ClN3O/c1-16-3-8-23-21(13-16)22(14-17(2)26-23)24(29)27-20-9-11-28(12-10-20)15-18-4-6-19(25)7-5-18/h3-8,13-14,20H,9-12,15H2,1-2H3,(H,27,29). The van der Waals surface area contributed by atoms with E-state index in [2.05, 4.69) is 27.3 Å². The fourth-order valence-corrected chi connectivity index (χ4v) is 4.13. The third kappa shape index (κ3) is 4.77. The van der Waals surface area contributed by atoms with Crippen LogP contribution in [0.5, 0.6) is 0 Å². The number of aryl methyl sites for hydroxylation is 2. The number of aromatic nitrogens is 1. The number of hydrogen-bond donors (Lipinski definition) is 1. The molecular formula is C24H26ClN3O. The first kappa shape index (κ1) is 19.9. The number of rotatable bonds is 4. The summed E-state index contributed by atoms with van der Waals surface area (Å²) in [6.07, 6.45) is 1.92. The van der Waals surface area contributed by atoms with E-state index < -0.39 is 0 Å². The molecule has 2 heterocycles. The van der Waals surface area contributed by atoms with Crippen molar-refractivity contribution in [2.45, 2.75) is 39.3 Å². The molecular weight excluding hydrogens is 382 g/mol. The lowest BCUT2D eigenvalue weighted by atomic mass is 10.0. The molecule has 1 saturated heterocycles. The maximum atomic E-state index is 13.0. The fraction of sp³-hybridized carbons (Fsp3) is 0.333. The first-order chi connectivity index (χ1) is 14.0. The van der Waals surface area contributed by atoms with Crippen LogP contribution in [0.4, 0.5) is 0 Å². The van der Waals surface area contributed by atoms with Gasteiger partial charge in [-0.3, -0.25) is 14.7 Å². The average Bonchev–Trinajstić information content (AvgIpc) is 2.71. The molecule has 5 heteroatoms. The van der Waals surface area contributed by atoms with Crippen LogP contribution in [0.15, 0.2) is 48.5 Å². The van der Waals surface area contributed by atoms with E-state index in [0.717, 1.165) is 65.2 Å². The van der Waals surface area contributed by atoms with Gasteiger partial charge < -0.3 is 5.32 Å². The summed E-state index contributed by atoms with van der Waals surface area (Å²) >= 11 is 5.97. The normalized spacial score (nSPS) is 15.6. The first-order valence-electron chi connectivity index (χ1n) is 10.1. The van der Waals surface area contributed by atoms with Crippen molar-refractivity contribution < 1.29 is 4.79 Å². The third-order valence-electron chi connectivity index (χ3n) is 5.58. The lowest BCUT2D eigenvalue weighted by Crippen LogP contribution is -2.44. The van der Waals surface area contributed by atoms with Gasteiger partial charge in [-0.25, -0.2) is 0 Å². The Hall–Kier alpha value is -2.43. The second-order valence-corrected chi connectivity index (χ2v) is 8.42. The predicted molar refractivity (Wildman–Crippen MR) is 118 cm³/mol. The van der Waals surface area contributed by atoms with E-state index in [-0.39, 0.29) is 11.9 Å². The van der Waals surface area contributed by atoms with Gasteiger partial charge in [0.1, 0.15) is 0 Å².